The van der Waals surface area contributed by atoms with Crippen molar-refractivity contribution in [1.29, 1.82) is 0 Å². The number of aromatic nitrogens is 1. The van der Waals surface area contributed by atoms with Crippen molar-refractivity contribution in [2.45, 2.75) is 20.3 Å². The van der Waals surface area contributed by atoms with Crippen LogP contribution in [0.5, 0.6) is 0 Å². The van der Waals surface area contributed by atoms with E-state index in [1.54, 1.807) is 18.3 Å². The molecule has 0 aliphatic rings. The minimum absolute atomic E-state index is 0.152. The van der Waals surface area contributed by atoms with Gasteiger partial charge in [-0.15, -0.1) is 0 Å². The Bertz CT molecular complexity index is 387. The molecule has 0 unspecified atom stereocenters. The van der Waals surface area contributed by atoms with E-state index in [1.165, 1.54) is 6.20 Å². The van der Waals surface area contributed by atoms with Crippen LogP contribution in [-0.4, -0.2) is 19.2 Å². The van der Waals surface area contributed by atoms with Gasteiger partial charge in [0.2, 0.25) is 10.0 Å². The van der Waals surface area contributed by atoms with Crippen LogP contribution in [0.3, 0.4) is 0 Å². The number of pyridine rings is 1. The van der Waals surface area contributed by atoms with Crippen molar-refractivity contribution in [2.24, 2.45) is 5.92 Å². The van der Waals surface area contributed by atoms with E-state index in [4.69, 9.17) is 0 Å². The number of rotatable bonds is 5. The summed E-state index contributed by atoms with van der Waals surface area (Å²) < 4.78 is 25.6. The minimum Gasteiger partial charge on any atom is -0.282 e. The van der Waals surface area contributed by atoms with Crippen LogP contribution >= 0.6 is 0 Å². The van der Waals surface area contributed by atoms with Crippen molar-refractivity contribution < 1.29 is 8.42 Å². The van der Waals surface area contributed by atoms with Crippen LogP contribution in [0.15, 0.2) is 24.5 Å². The lowest BCUT2D eigenvalue weighted by Crippen LogP contribution is -2.17. The summed E-state index contributed by atoms with van der Waals surface area (Å²) in [6.07, 6.45) is 3.76. The van der Waals surface area contributed by atoms with Crippen molar-refractivity contribution in [3.63, 3.8) is 0 Å². The third kappa shape index (κ3) is 4.78. The molecule has 0 spiro atoms. The lowest BCUT2D eigenvalue weighted by molar-refractivity contribution is 0.578. The second kappa shape index (κ2) is 5.11. The van der Waals surface area contributed by atoms with E-state index in [9.17, 15) is 8.42 Å². The molecule has 5 heteroatoms. The van der Waals surface area contributed by atoms with Crippen molar-refractivity contribution >= 4 is 15.7 Å². The Morgan fingerprint density at radius 1 is 1.47 bits per heavy atom. The molecule has 0 fully saturated rings. The van der Waals surface area contributed by atoms with E-state index in [0.717, 1.165) is 0 Å². The average Bonchev–Trinajstić information content (AvgIpc) is 2.16. The highest BCUT2D eigenvalue weighted by atomic mass is 32.2. The summed E-state index contributed by atoms with van der Waals surface area (Å²) in [6.45, 7) is 4.00. The molecular weight excluding hydrogens is 212 g/mol. The maximum absolute atomic E-state index is 11.6. The molecule has 0 amide bonds. The van der Waals surface area contributed by atoms with Crippen molar-refractivity contribution in [3.8, 4) is 0 Å². The van der Waals surface area contributed by atoms with Crippen molar-refractivity contribution in [1.82, 2.24) is 4.98 Å². The largest absolute Gasteiger partial charge is 0.282 e. The Kier molecular flexibility index (Phi) is 4.08. The second-order valence-corrected chi connectivity index (χ2v) is 5.69. The van der Waals surface area contributed by atoms with Gasteiger partial charge in [0.05, 0.1) is 17.6 Å². The fraction of sp³-hybridized carbons (Fsp3) is 0.500. The smallest absolute Gasteiger partial charge is 0.232 e. The van der Waals surface area contributed by atoms with E-state index in [-0.39, 0.29) is 5.75 Å². The zero-order chi connectivity index (χ0) is 11.3. The molecule has 0 aromatic carbocycles. The van der Waals surface area contributed by atoms with Crippen LogP contribution in [0.25, 0.3) is 0 Å². The van der Waals surface area contributed by atoms with Crippen LogP contribution in [0.1, 0.15) is 20.3 Å². The van der Waals surface area contributed by atoms with E-state index >= 15 is 0 Å². The van der Waals surface area contributed by atoms with E-state index in [0.29, 0.717) is 18.0 Å². The molecule has 1 aromatic rings. The first kappa shape index (κ1) is 12.0. The Hall–Kier alpha value is -1.10. The first-order valence-corrected chi connectivity index (χ1v) is 6.55. The molecule has 0 saturated carbocycles. The summed E-state index contributed by atoms with van der Waals surface area (Å²) in [7, 11) is -3.22. The molecule has 1 heterocycles. The molecule has 1 N–H and O–H groups in total. The third-order valence-electron chi connectivity index (χ3n) is 1.90. The summed E-state index contributed by atoms with van der Waals surface area (Å²) in [5.41, 5.74) is 0.515. The number of sulfonamides is 1. The summed E-state index contributed by atoms with van der Waals surface area (Å²) in [5, 5.41) is 0. The zero-order valence-electron chi connectivity index (χ0n) is 8.97. The highest BCUT2D eigenvalue weighted by molar-refractivity contribution is 7.92. The highest BCUT2D eigenvalue weighted by Crippen LogP contribution is 2.09. The van der Waals surface area contributed by atoms with E-state index in [2.05, 4.69) is 9.71 Å². The van der Waals surface area contributed by atoms with Crippen LogP contribution in [0.2, 0.25) is 0 Å². The molecule has 15 heavy (non-hydrogen) atoms. The average molecular weight is 228 g/mol. The first-order chi connectivity index (χ1) is 6.99. The van der Waals surface area contributed by atoms with Crippen molar-refractivity contribution in [3.05, 3.63) is 24.5 Å². The lowest BCUT2D eigenvalue weighted by atomic mass is 10.2. The molecule has 0 aliphatic heterocycles. The molecule has 84 valence electrons. The molecule has 0 saturated heterocycles. The molecule has 1 rings (SSSR count). The summed E-state index contributed by atoms with van der Waals surface area (Å²) in [6, 6.07) is 3.38. The summed E-state index contributed by atoms with van der Waals surface area (Å²) in [4.78, 5) is 3.84. The quantitative estimate of drug-likeness (QED) is 0.837. The lowest BCUT2D eigenvalue weighted by Gasteiger charge is -2.08. The van der Waals surface area contributed by atoms with Gasteiger partial charge in [-0.25, -0.2) is 8.42 Å². The zero-order valence-corrected chi connectivity index (χ0v) is 9.79. The van der Waals surface area contributed by atoms with E-state index in [1.807, 2.05) is 13.8 Å². The third-order valence-corrected chi connectivity index (χ3v) is 3.22. The van der Waals surface area contributed by atoms with Crippen LogP contribution in [0.4, 0.5) is 5.69 Å². The monoisotopic (exact) mass is 228 g/mol. The minimum atomic E-state index is -3.22. The summed E-state index contributed by atoms with van der Waals surface area (Å²) in [5.74, 6) is 0.537. The maximum atomic E-state index is 11.6. The van der Waals surface area contributed by atoms with Gasteiger partial charge in [0, 0.05) is 6.20 Å². The molecule has 1 aromatic heterocycles. The first-order valence-electron chi connectivity index (χ1n) is 4.90. The topological polar surface area (TPSA) is 59.1 Å². The van der Waals surface area contributed by atoms with Gasteiger partial charge < -0.3 is 0 Å². The van der Waals surface area contributed by atoms with Crippen molar-refractivity contribution in [2.75, 3.05) is 10.5 Å². The van der Waals surface area contributed by atoms with Gasteiger partial charge in [0.15, 0.2) is 0 Å². The van der Waals surface area contributed by atoms with Crippen LogP contribution in [0, 0.1) is 5.92 Å². The molecule has 4 nitrogen and oxygen atoms in total. The van der Waals surface area contributed by atoms with Crippen LogP contribution < -0.4 is 4.72 Å². The Morgan fingerprint density at radius 2 is 2.20 bits per heavy atom. The number of nitrogens with one attached hydrogen (secondary N) is 1. The number of nitrogens with zero attached hydrogens (tertiary/aromatic N) is 1. The standard InChI is InChI=1S/C10H16N2O2S/c1-9(2)5-7-15(13,14)12-10-4-3-6-11-8-10/h3-4,6,8-9,12H,5,7H2,1-2H3. The number of hydrogen-bond acceptors (Lipinski definition) is 3. The predicted octanol–water partition coefficient (Wildman–Crippen LogP) is 1.87. The molecule has 0 bridgehead atoms. The molecule has 0 atom stereocenters. The highest BCUT2D eigenvalue weighted by Gasteiger charge is 2.10. The number of anilines is 1. The summed E-state index contributed by atoms with van der Waals surface area (Å²) >= 11 is 0. The van der Waals surface area contributed by atoms with Gasteiger partial charge in [-0.2, -0.15) is 0 Å². The van der Waals surface area contributed by atoms with Gasteiger partial charge in [-0.1, -0.05) is 13.8 Å². The second-order valence-electron chi connectivity index (χ2n) is 3.85. The Labute approximate surface area is 90.8 Å². The normalized spacial score (nSPS) is 11.7. The maximum Gasteiger partial charge on any atom is 0.232 e. The van der Waals surface area contributed by atoms with Crippen LogP contribution in [-0.2, 0) is 10.0 Å². The number of hydrogen-bond donors (Lipinski definition) is 1. The van der Waals surface area contributed by atoms with Gasteiger partial charge in [0.1, 0.15) is 0 Å². The molecule has 0 radical (unpaired) electrons. The van der Waals surface area contributed by atoms with Gasteiger partial charge in [-0.05, 0) is 24.5 Å². The van der Waals surface area contributed by atoms with Gasteiger partial charge in [0.25, 0.3) is 0 Å². The van der Waals surface area contributed by atoms with Gasteiger partial charge >= 0.3 is 0 Å². The molecule has 0 aliphatic carbocycles. The molecular formula is C10H16N2O2S. The fourth-order valence-electron chi connectivity index (χ4n) is 1.04. The van der Waals surface area contributed by atoms with E-state index < -0.39 is 10.0 Å². The Balaban J connectivity index is 2.57. The predicted molar refractivity (Wildman–Crippen MR) is 61.1 cm³/mol. The fourth-order valence-corrected chi connectivity index (χ4v) is 2.41. The van der Waals surface area contributed by atoms with Gasteiger partial charge in [-0.3, -0.25) is 9.71 Å². The Morgan fingerprint density at radius 3 is 2.73 bits per heavy atom. The SMILES string of the molecule is CC(C)CCS(=O)(=O)Nc1cccnc1.